The number of ether oxygens (including phenoxy) is 6. The van der Waals surface area contributed by atoms with E-state index in [1.807, 2.05) is 96.1 Å². The number of sulfone groups is 1. The molecule has 0 unspecified atom stereocenters. The maximum Gasteiger partial charge on any atom is 0.332 e. The highest BCUT2D eigenvalue weighted by molar-refractivity contribution is 7.91. The van der Waals surface area contributed by atoms with Crippen LogP contribution in [0, 0.1) is 53.4 Å². The van der Waals surface area contributed by atoms with Gasteiger partial charge in [-0.2, -0.15) is 13.4 Å². The predicted molar refractivity (Wildman–Crippen MR) is 462 cm³/mol. The number of ketones is 3. The number of para-hydroxylation sites is 2. The highest BCUT2D eigenvalue weighted by atomic mass is 32.2. The van der Waals surface area contributed by atoms with Crippen molar-refractivity contribution in [3.05, 3.63) is 285 Å². The summed E-state index contributed by atoms with van der Waals surface area (Å²) in [5, 5.41) is 19.6. The van der Waals surface area contributed by atoms with Crippen LogP contribution in [0.25, 0.3) is 33.2 Å². The first kappa shape index (κ1) is 90.9. The van der Waals surface area contributed by atoms with E-state index < -0.39 is 72.7 Å². The molecule has 1 fully saturated rings. The summed E-state index contributed by atoms with van der Waals surface area (Å²) in [6.45, 7) is 12.5. The number of esters is 2. The van der Waals surface area contributed by atoms with Gasteiger partial charge in [0.25, 0.3) is 27.1 Å². The predicted octanol–water partition coefficient (Wildman–Crippen LogP) is 11.8. The number of anilines is 1. The highest BCUT2D eigenvalue weighted by Crippen LogP contribution is 2.42. The van der Waals surface area contributed by atoms with Crippen LogP contribution in [0.15, 0.2) is 217 Å². The van der Waals surface area contributed by atoms with Crippen LogP contribution in [0.3, 0.4) is 0 Å². The minimum atomic E-state index is -3.80. The van der Waals surface area contributed by atoms with Crippen molar-refractivity contribution in [2.24, 2.45) is 33.0 Å². The second-order valence-corrected chi connectivity index (χ2v) is 34.1. The number of nitrogens with zero attached hydrogens (tertiary/aromatic N) is 7. The van der Waals surface area contributed by atoms with Crippen molar-refractivity contribution in [3.63, 3.8) is 0 Å². The summed E-state index contributed by atoms with van der Waals surface area (Å²) in [6, 6.07) is 51.0. The number of phenolic OH excluding ortho intramolecular Hbond substituents is 1. The smallest absolute Gasteiger partial charge is 0.332 e. The van der Waals surface area contributed by atoms with Crippen LogP contribution in [-0.4, -0.2) is 149 Å². The average molecular weight is 1730 g/mol. The number of phenols is 1. The molecule has 32 heteroatoms. The average Bonchev–Trinajstić information content (AvgIpc) is 1.62. The van der Waals surface area contributed by atoms with Gasteiger partial charge in [-0.05, 0) is 186 Å². The van der Waals surface area contributed by atoms with Gasteiger partial charge >= 0.3 is 23.6 Å². The lowest BCUT2D eigenvalue weighted by Gasteiger charge is -2.28. The summed E-state index contributed by atoms with van der Waals surface area (Å²) in [4.78, 5) is 124. The van der Waals surface area contributed by atoms with Crippen molar-refractivity contribution >= 4 is 105 Å². The molecule has 0 radical (unpaired) electrons. The summed E-state index contributed by atoms with van der Waals surface area (Å²) in [5.74, 6) is -3.87. The molecule has 642 valence electrons. The number of aliphatic hydroxyl groups excluding tert-OH is 1. The minimum absolute atomic E-state index is 0.0534. The van der Waals surface area contributed by atoms with E-state index in [1.54, 1.807) is 128 Å². The summed E-state index contributed by atoms with van der Waals surface area (Å²) in [7, 11) is -1.08. The maximum atomic E-state index is 13.1. The van der Waals surface area contributed by atoms with E-state index in [1.165, 1.54) is 70.7 Å². The van der Waals surface area contributed by atoms with Gasteiger partial charge in [0.1, 0.15) is 5.75 Å². The monoisotopic (exact) mass is 1730 g/mol. The number of aliphatic hydroxyl groups is 1. The van der Waals surface area contributed by atoms with E-state index in [4.69, 9.17) is 32.6 Å². The number of hydrogen-bond acceptors (Lipinski definition) is 25. The molecule has 2 N–H and O–H groups in total. The van der Waals surface area contributed by atoms with Crippen molar-refractivity contribution in [3.8, 4) is 23.3 Å². The highest BCUT2D eigenvalue weighted by Gasteiger charge is 2.44. The number of aromatic hydroxyl groups is 1. The van der Waals surface area contributed by atoms with Crippen molar-refractivity contribution < 1.29 is 88.4 Å². The zero-order valence-corrected chi connectivity index (χ0v) is 72.0. The summed E-state index contributed by atoms with van der Waals surface area (Å²) >= 11 is 1.31. The Labute approximate surface area is 712 Å². The molecule has 14 rings (SSSR count). The molecule has 4 aromatic heterocycles. The first-order chi connectivity index (χ1) is 58.7. The van der Waals surface area contributed by atoms with Gasteiger partial charge in [0.15, 0.2) is 73.8 Å². The van der Waals surface area contributed by atoms with E-state index in [0.717, 1.165) is 72.9 Å². The minimum Gasteiger partial charge on any atom is -0.508 e. The number of Topliss-reactive ketones (excluding diaryl/α,β-unsaturated/α-hetero) is 3. The molecule has 5 heterocycles. The first-order valence-electron chi connectivity index (χ1n) is 39.1. The van der Waals surface area contributed by atoms with Crippen molar-refractivity contribution in [2.75, 3.05) is 64.0 Å². The Kier molecular flexibility index (Phi) is 29.7. The van der Waals surface area contributed by atoms with Gasteiger partial charge in [0.2, 0.25) is 0 Å². The largest absolute Gasteiger partial charge is 0.508 e. The van der Waals surface area contributed by atoms with Gasteiger partial charge in [-0.3, -0.25) is 61.1 Å². The lowest BCUT2D eigenvalue weighted by molar-refractivity contribution is -0.161. The third-order valence-corrected chi connectivity index (χ3v) is 24.8. The van der Waals surface area contributed by atoms with Crippen LogP contribution in [0.1, 0.15) is 104 Å². The zero-order chi connectivity index (χ0) is 88.7. The number of carbonyl (C=O) groups excluding carboxylic acids is 6. The Morgan fingerprint density at radius 1 is 0.569 bits per heavy atom. The van der Waals surface area contributed by atoms with Gasteiger partial charge in [-0.1, -0.05) is 132 Å². The second-order valence-electron chi connectivity index (χ2n) is 29.4. The summed E-state index contributed by atoms with van der Waals surface area (Å²) in [6.07, 6.45) is 4.33. The fourth-order valence-electron chi connectivity index (χ4n) is 13.6. The molecular formula is C91H93N7O22S3. The lowest BCUT2D eigenvalue weighted by Crippen LogP contribution is -2.37. The van der Waals surface area contributed by atoms with Gasteiger partial charge < -0.3 is 38.6 Å². The van der Waals surface area contributed by atoms with E-state index in [-0.39, 0.29) is 113 Å². The summed E-state index contributed by atoms with van der Waals surface area (Å²) in [5.41, 5.74) is 10.00. The van der Waals surface area contributed by atoms with Crippen molar-refractivity contribution in [1.82, 2.24) is 28.1 Å². The number of amides is 1. The molecule has 1 aliphatic heterocycles. The Morgan fingerprint density at radius 2 is 1.12 bits per heavy atom. The summed E-state index contributed by atoms with van der Waals surface area (Å²) < 4.78 is 91.8. The number of hydrogen-bond donors (Lipinski definition) is 2. The molecule has 1 saturated carbocycles. The SMILES string of the molecule is CC(=O)C1=C(O)C(=O)N(c2ccc(O)cc2)[C@H]1c1ccccc1.COc1cc(/C=c2\sc3nc4ccccc4n3c2=O)ccc1Oc1nc2c(c(=O)n(C)c(=O)n2C)n1C.Cc1ccc(C(=O)COC(=O)[C@@H]2CCCC[C@H]2C(=O)OCC(=O)c2ccc(C)c(C)c2)cc1C.Cc1ccc(S(=O)(=O)CCOCCOCCOS(=O)(=O)c2ccc(C)cc2)cc1. The van der Waals surface area contributed by atoms with Crippen LogP contribution in [0.4, 0.5) is 5.69 Å². The molecular weight excluding hydrogens is 1640 g/mol. The van der Waals surface area contributed by atoms with E-state index in [0.29, 0.717) is 50.6 Å². The molecule has 2 aliphatic rings. The standard InChI is InChI=1S/C28H32O6.C25H20N6O5S.C20H26O7S2.C18H15NO4/c1-17-9-11-21(13-19(17)3)25(29)15-33-27(31)23-7-5-6-8-24(23)28(32)34-16-26(30)22-12-10-18(2)20(4)14-22;1-28-19-20(29(2)25(34)30(3)22(19)33)27-23(28)36-16-10-9-13(11-17(16)35-4)12-18-21(32)31-15-8-6-5-7-14(15)26-24(31)37-18;1-17-3-7-19(8-4-17)28(21,22)16-15-26-12-11-25-13-14-27-29(23,24)20-9-5-18(2)6-10-20;1-11(20)15-16(12-5-3-2-4-6-12)19(18(23)17(15)22)13-7-9-14(21)10-8-13/h9-14,23-24H,5-8,15-16H2,1-4H3;5-12H,1-4H3;3-10H,11-16H2,1-2H3;2-10,16,21-22H,1H3/b;18-12-;;/t23-,24-;;;16-/m1..0/s1. The van der Waals surface area contributed by atoms with Crippen LogP contribution >= 0.6 is 11.3 Å². The number of imidazole rings is 2. The van der Waals surface area contributed by atoms with E-state index in [9.17, 15) is 70.2 Å². The number of aryl methyl sites for hydroxylation is 8. The van der Waals surface area contributed by atoms with Gasteiger partial charge in [0, 0.05) is 38.0 Å². The number of rotatable bonds is 27. The van der Waals surface area contributed by atoms with Gasteiger partial charge in [-0.25, -0.2) is 22.6 Å². The van der Waals surface area contributed by atoms with Gasteiger partial charge in [-0.15, -0.1) is 0 Å². The van der Waals surface area contributed by atoms with Crippen LogP contribution in [0.2, 0.25) is 0 Å². The Bertz CT molecular complexity index is 6330. The molecule has 8 aromatic carbocycles. The molecule has 0 saturated heterocycles. The quantitative estimate of drug-likeness (QED) is 0.0209. The topological polar surface area (TPSA) is 375 Å². The molecule has 12 aromatic rings. The van der Waals surface area contributed by atoms with Crippen LogP contribution in [-0.2, 0) is 83.4 Å². The fourth-order valence-corrected chi connectivity index (χ4v) is 16.6. The first-order valence-corrected chi connectivity index (χ1v) is 43.0. The van der Waals surface area contributed by atoms with Crippen LogP contribution < -0.4 is 35.7 Å². The third kappa shape index (κ3) is 21.7. The number of thiazole rings is 1. The van der Waals surface area contributed by atoms with E-state index in [2.05, 4.69) is 9.97 Å². The number of aromatic nitrogens is 6. The third-order valence-electron chi connectivity index (χ3n) is 20.8. The zero-order valence-electron chi connectivity index (χ0n) is 69.5. The van der Waals surface area contributed by atoms with Crippen molar-refractivity contribution in [1.29, 1.82) is 0 Å². The fraction of sp³-hybridized carbons (Fsp3) is 0.286. The van der Waals surface area contributed by atoms with Crippen molar-refractivity contribution in [2.45, 2.75) is 90.0 Å². The Morgan fingerprint density at radius 3 is 1.69 bits per heavy atom. The Balaban J connectivity index is 0.000000162. The molecule has 1 amide bonds. The number of benzene rings is 8. The van der Waals surface area contributed by atoms with Crippen LogP contribution in [0.5, 0.6) is 23.3 Å². The number of carbonyl (C=O) groups is 6. The molecule has 1 aliphatic carbocycles. The molecule has 0 spiro atoms. The molecule has 0 bridgehead atoms. The molecule has 123 heavy (non-hydrogen) atoms. The molecule has 29 nitrogen and oxygen atoms in total. The number of fused-ring (bicyclic) bond motifs is 4. The normalized spacial score (nSPS) is 14.8. The number of methoxy groups -OCH3 is 1. The maximum absolute atomic E-state index is 13.1. The lowest BCUT2D eigenvalue weighted by atomic mass is 9.79. The van der Waals surface area contributed by atoms with E-state index >= 15 is 0 Å². The Hall–Kier alpha value is -12.9. The molecule has 3 atom stereocenters. The van der Waals surface area contributed by atoms with Gasteiger partial charge in [0.05, 0.1) is 94.7 Å². The second kappa shape index (κ2) is 40.2.